The average molecular weight is 480 g/mol. The van der Waals surface area contributed by atoms with Gasteiger partial charge in [0.25, 0.3) is 5.91 Å². The molecule has 2 N–H and O–H groups in total. The van der Waals surface area contributed by atoms with Gasteiger partial charge < -0.3 is 15.4 Å². The van der Waals surface area contributed by atoms with E-state index in [-0.39, 0.29) is 35.3 Å². The Morgan fingerprint density at radius 2 is 2.00 bits per heavy atom. The van der Waals surface area contributed by atoms with E-state index in [2.05, 4.69) is 10.6 Å². The number of carbonyl (C=O) groups is 2. The first kappa shape index (κ1) is 23.1. The molecule has 2 aliphatic heterocycles. The van der Waals surface area contributed by atoms with E-state index in [1.165, 1.54) is 16.4 Å². The summed E-state index contributed by atoms with van der Waals surface area (Å²) in [5.41, 5.74) is 0.652. The van der Waals surface area contributed by atoms with Crippen LogP contribution in [0.15, 0.2) is 35.2 Å². The summed E-state index contributed by atoms with van der Waals surface area (Å²) in [6.45, 7) is 3.32. The summed E-state index contributed by atoms with van der Waals surface area (Å²) >= 11 is 0. The SMILES string of the molecule is Cc1cc2c(cc1S(=O)(=O)N1CCC[C@H](C(=O)Nc3ccc(F)cc3F)C1)O[C@@H](C)C(=O)N2. The molecular formula is C22H23F2N3O5S. The Morgan fingerprint density at radius 3 is 2.73 bits per heavy atom. The highest BCUT2D eigenvalue weighted by molar-refractivity contribution is 7.89. The van der Waals surface area contributed by atoms with Gasteiger partial charge in [0.15, 0.2) is 6.10 Å². The van der Waals surface area contributed by atoms with Crippen LogP contribution in [0.5, 0.6) is 5.75 Å². The second-order valence-electron chi connectivity index (χ2n) is 8.18. The number of nitrogens with one attached hydrogen (secondary N) is 2. The number of hydrogen-bond donors (Lipinski definition) is 2. The van der Waals surface area contributed by atoms with Gasteiger partial charge in [-0.2, -0.15) is 4.31 Å². The number of halogens is 2. The van der Waals surface area contributed by atoms with E-state index in [9.17, 15) is 26.8 Å². The second kappa shape index (κ2) is 8.71. The number of benzene rings is 2. The molecule has 4 rings (SSSR count). The van der Waals surface area contributed by atoms with Crippen LogP contribution in [0.1, 0.15) is 25.3 Å². The molecule has 0 radical (unpaired) electrons. The lowest BCUT2D eigenvalue weighted by Crippen LogP contribution is -2.44. The molecule has 0 aromatic heterocycles. The van der Waals surface area contributed by atoms with Gasteiger partial charge in [-0.15, -0.1) is 0 Å². The van der Waals surface area contributed by atoms with Crippen LogP contribution in [-0.4, -0.2) is 43.7 Å². The number of ether oxygens (including phenoxy) is 1. The lowest BCUT2D eigenvalue weighted by Gasteiger charge is -2.32. The molecule has 2 aromatic rings. The van der Waals surface area contributed by atoms with E-state index in [4.69, 9.17) is 4.74 Å². The molecule has 2 amide bonds. The van der Waals surface area contributed by atoms with Crippen LogP contribution in [0.4, 0.5) is 20.2 Å². The quantitative estimate of drug-likeness (QED) is 0.702. The molecule has 2 heterocycles. The van der Waals surface area contributed by atoms with Crippen molar-refractivity contribution in [2.24, 2.45) is 5.92 Å². The summed E-state index contributed by atoms with van der Waals surface area (Å²) in [4.78, 5) is 24.5. The summed E-state index contributed by atoms with van der Waals surface area (Å²) < 4.78 is 60.6. The molecule has 1 fully saturated rings. The Kier molecular flexibility index (Phi) is 6.10. The van der Waals surface area contributed by atoms with Gasteiger partial charge in [-0.05, 0) is 50.5 Å². The number of fused-ring (bicyclic) bond motifs is 1. The number of nitrogens with zero attached hydrogens (tertiary/aromatic N) is 1. The predicted molar refractivity (Wildman–Crippen MR) is 116 cm³/mol. The van der Waals surface area contributed by atoms with Gasteiger partial charge in [-0.25, -0.2) is 17.2 Å². The van der Waals surface area contributed by atoms with Crippen LogP contribution in [-0.2, 0) is 19.6 Å². The average Bonchev–Trinajstić information content (AvgIpc) is 2.76. The maximum atomic E-state index is 13.9. The third kappa shape index (κ3) is 4.55. The van der Waals surface area contributed by atoms with Crippen LogP contribution in [0.3, 0.4) is 0 Å². The number of amides is 2. The van der Waals surface area contributed by atoms with E-state index in [1.54, 1.807) is 13.8 Å². The number of piperidine rings is 1. The minimum atomic E-state index is -3.97. The first-order valence-corrected chi connectivity index (χ1v) is 11.9. The molecule has 0 bridgehead atoms. The maximum absolute atomic E-state index is 13.9. The number of carbonyl (C=O) groups excluding carboxylic acids is 2. The fourth-order valence-corrected chi connectivity index (χ4v) is 5.71. The summed E-state index contributed by atoms with van der Waals surface area (Å²) in [6.07, 6.45) is 0.110. The van der Waals surface area contributed by atoms with Crippen molar-refractivity contribution in [3.8, 4) is 5.75 Å². The van der Waals surface area contributed by atoms with Gasteiger partial charge >= 0.3 is 0 Å². The Bertz CT molecular complexity index is 1230. The molecule has 11 heteroatoms. The predicted octanol–water partition coefficient (Wildman–Crippen LogP) is 3.03. The van der Waals surface area contributed by atoms with Gasteiger partial charge in [-0.1, -0.05) is 0 Å². The molecule has 0 unspecified atom stereocenters. The molecule has 2 aromatic carbocycles. The Balaban J connectivity index is 1.54. The first-order valence-electron chi connectivity index (χ1n) is 10.4. The third-order valence-electron chi connectivity index (χ3n) is 5.77. The number of aryl methyl sites for hydroxylation is 1. The van der Waals surface area contributed by atoms with Crippen LogP contribution in [0.25, 0.3) is 0 Å². The van der Waals surface area contributed by atoms with Crippen LogP contribution < -0.4 is 15.4 Å². The van der Waals surface area contributed by atoms with E-state index in [0.717, 1.165) is 12.1 Å². The molecular weight excluding hydrogens is 456 g/mol. The Hall–Kier alpha value is -3.05. The summed E-state index contributed by atoms with van der Waals surface area (Å²) in [5, 5.41) is 5.10. The van der Waals surface area contributed by atoms with Crippen LogP contribution in [0, 0.1) is 24.5 Å². The summed E-state index contributed by atoms with van der Waals surface area (Å²) in [7, 11) is -3.97. The molecule has 0 spiro atoms. The number of hydrogen-bond acceptors (Lipinski definition) is 5. The minimum absolute atomic E-state index is 0.0234. The minimum Gasteiger partial charge on any atom is -0.479 e. The summed E-state index contributed by atoms with van der Waals surface area (Å²) in [6, 6.07) is 5.74. The molecule has 1 saturated heterocycles. The molecule has 176 valence electrons. The van der Waals surface area contributed by atoms with Crippen LogP contribution in [0.2, 0.25) is 0 Å². The summed E-state index contributed by atoms with van der Waals surface area (Å²) in [5.74, 6) is -2.98. The second-order valence-corrected chi connectivity index (χ2v) is 10.1. The highest BCUT2D eigenvalue weighted by Crippen LogP contribution is 2.36. The van der Waals surface area contributed by atoms with E-state index in [1.807, 2.05) is 0 Å². The van der Waals surface area contributed by atoms with Crippen molar-refractivity contribution in [1.29, 1.82) is 0 Å². The van der Waals surface area contributed by atoms with Crippen molar-refractivity contribution in [1.82, 2.24) is 4.31 Å². The monoisotopic (exact) mass is 479 g/mol. The smallest absolute Gasteiger partial charge is 0.265 e. The van der Waals surface area contributed by atoms with Crippen molar-refractivity contribution in [2.75, 3.05) is 23.7 Å². The number of anilines is 2. The molecule has 2 aliphatic rings. The standard InChI is InChI=1S/C22H23F2N3O5S/c1-12-8-18-19(32-13(2)21(28)26-18)10-20(12)33(30,31)27-7-3-4-14(11-27)22(29)25-17-6-5-15(23)9-16(17)24/h5-6,8-10,13-14H,3-4,7,11H2,1-2H3,(H,25,29)(H,26,28)/t13-,14-/m0/s1. The molecule has 8 nitrogen and oxygen atoms in total. The van der Waals surface area contributed by atoms with Crippen molar-refractivity contribution in [3.05, 3.63) is 47.5 Å². The lowest BCUT2D eigenvalue weighted by molar-refractivity contribution is -0.123. The van der Waals surface area contributed by atoms with E-state index < -0.39 is 39.6 Å². The fraction of sp³-hybridized carbons (Fsp3) is 0.364. The fourth-order valence-electron chi connectivity index (χ4n) is 3.96. The van der Waals surface area contributed by atoms with Gasteiger partial charge in [0, 0.05) is 25.2 Å². The lowest BCUT2D eigenvalue weighted by atomic mass is 9.98. The topological polar surface area (TPSA) is 105 Å². The van der Waals surface area contributed by atoms with Crippen molar-refractivity contribution in [3.63, 3.8) is 0 Å². The van der Waals surface area contributed by atoms with E-state index >= 15 is 0 Å². The zero-order valence-corrected chi connectivity index (χ0v) is 18.8. The number of rotatable bonds is 4. The Labute approximate surface area is 190 Å². The van der Waals surface area contributed by atoms with Gasteiger partial charge in [0.1, 0.15) is 17.4 Å². The van der Waals surface area contributed by atoms with Crippen LogP contribution >= 0.6 is 0 Å². The largest absolute Gasteiger partial charge is 0.479 e. The normalized spacial score (nSPS) is 21.0. The maximum Gasteiger partial charge on any atom is 0.265 e. The van der Waals surface area contributed by atoms with Crippen molar-refractivity contribution < 1.29 is 31.5 Å². The molecule has 33 heavy (non-hydrogen) atoms. The zero-order chi connectivity index (χ0) is 23.9. The Morgan fingerprint density at radius 1 is 1.24 bits per heavy atom. The van der Waals surface area contributed by atoms with Gasteiger partial charge in [-0.3, -0.25) is 9.59 Å². The zero-order valence-electron chi connectivity index (χ0n) is 18.0. The number of sulfonamides is 1. The van der Waals surface area contributed by atoms with Gasteiger partial charge in [0.2, 0.25) is 15.9 Å². The van der Waals surface area contributed by atoms with Crippen molar-refractivity contribution >= 4 is 33.2 Å². The molecule has 2 atom stereocenters. The van der Waals surface area contributed by atoms with E-state index in [0.29, 0.717) is 30.2 Å². The first-order chi connectivity index (χ1) is 15.6. The highest BCUT2D eigenvalue weighted by Gasteiger charge is 2.35. The van der Waals surface area contributed by atoms with Gasteiger partial charge in [0.05, 0.1) is 22.2 Å². The molecule has 0 aliphatic carbocycles. The highest BCUT2D eigenvalue weighted by atomic mass is 32.2. The molecule has 0 saturated carbocycles. The van der Waals surface area contributed by atoms with Crippen molar-refractivity contribution in [2.45, 2.75) is 37.7 Å². The third-order valence-corrected chi connectivity index (χ3v) is 7.78.